The SMILES string of the molecule is O=C(O)c1cnc(NC(CO)C2CCCC2)cn1. The number of nitrogens with one attached hydrogen (secondary N) is 1. The summed E-state index contributed by atoms with van der Waals surface area (Å²) in [6.07, 6.45) is 7.23. The zero-order chi connectivity index (χ0) is 13.0. The van der Waals surface area contributed by atoms with Gasteiger partial charge >= 0.3 is 5.97 Å². The monoisotopic (exact) mass is 251 g/mol. The topological polar surface area (TPSA) is 95.3 Å². The van der Waals surface area contributed by atoms with Gasteiger partial charge in [0, 0.05) is 0 Å². The van der Waals surface area contributed by atoms with Crippen LogP contribution in [0.2, 0.25) is 0 Å². The number of aliphatic hydroxyl groups is 1. The lowest BCUT2D eigenvalue weighted by Gasteiger charge is -2.22. The molecule has 1 unspecified atom stereocenters. The molecule has 0 aromatic carbocycles. The Bertz CT molecular complexity index is 402. The maximum Gasteiger partial charge on any atom is 0.356 e. The van der Waals surface area contributed by atoms with Crippen molar-refractivity contribution in [3.8, 4) is 0 Å². The van der Waals surface area contributed by atoms with Crippen LogP contribution in [0.25, 0.3) is 0 Å². The van der Waals surface area contributed by atoms with Crippen molar-refractivity contribution < 1.29 is 15.0 Å². The number of aliphatic hydroxyl groups excluding tert-OH is 1. The Morgan fingerprint density at radius 2 is 2.11 bits per heavy atom. The van der Waals surface area contributed by atoms with E-state index in [1.165, 1.54) is 25.2 Å². The molecule has 6 heteroatoms. The molecule has 18 heavy (non-hydrogen) atoms. The van der Waals surface area contributed by atoms with E-state index in [0.717, 1.165) is 12.8 Å². The largest absolute Gasteiger partial charge is 0.476 e. The summed E-state index contributed by atoms with van der Waals surface area (Å²) in [6, 6.07) is -0.0301. The standard InChI is InChI=1S/C12H17N3O3/c16-7-10(8-3-1-2-4-8)15-11-6-13-9(5-14-11)12(17)18/h5-6,8,10,16H,1-4,7H2,(H,14,15)(H,17,18). The summed E-state index contributed by atoms with van der Waals surface area (Å²) in [5, 5.41) is 21.2. The summed E-state index contributed by atoms with van der Waals surface area (Å²) >= 11 is 0. The number of carbonyl (C=O) groups is 1. The van der Waals surface area contributed by atoms with E-state index in [4.69, 9.17) is 5.11 Å². The first-order chi connectivity index (χ1) is 8.70. The van der Waals surface area contributed by atoms with Crippen LogP contribution >= 0.6 is 0 Å². The average molecular weight is 251 g/mol. The van der Waals surface area contributed by atoms with Crippen LogP contribution in [-0.4, -0.2) is 38.8 Å². The van der Waals surface area contributed by atoms with Crippen molar-refractivity contribution in [2.45, 2.75) is 31.7 Å². The second-order valence-electron chi connectivity index (χ2n) is 4.57. The molecule has 0 spiro atoms. The number of rotatable bonds is 5. The maximum absolute atomic E-state index is 10.6. The molecule has 6 nitrogen and oxygen atoms in total. The van der Waals surface area contributed by atoms with Crippen molar-refractivity contribution in [1.29, 1.82) is 0 Å². The van der Waals surface area contributed by atoms with Crippen LogP contribution in [0.3, 0.4) is 0 Å². The lowest BCUT2D eigenvalue weighted by molar-refractivity contribution is 0.0690. The smallest absolute Gasteiger partial charge is 0.356 e. The van der Waals surface area contributed by atoms with E-state index in [-0.39, 0.29) is 18.3 Å². The van der Waals surface area contributed by atoms with E-state index >= 15 is 0 Å². The Morgan fingerprint density at radius 3 is 2.61 bits per heavy atom. The molecular formula is C12H17N3O3. The fraction of sp³-hybridized carbons (Fsp3) is 0.583. The minimum atomic E-state index is -1.09. The zero-order valence-corrected chi connectivity index (χ0v) is 10.0. The molecular weight excluding hydrogens is 234 g/mol. The molecule has 1 aliphatic rings. The van der Waals surface area contributed by atoms with Gasteiger partial charge in [-0.25, -0.2) is 14.8 Å². The van der Waals surface area contributed by atoms with Gasteiger partial charge in [-0.15, -0.1) is 0 Å². The summed E-state index contributed by atoms with van der Waals surface area (Å²) in [5.41, 5.74) is -0.0815. The van der Waals surface area contributed by atoms with Crippen molar-refractivity contribution in [3.63, 3.8) is 0 Å². The maximum atomic E-state index is 10.6. The van der Waals surface area contributed by atoms with Gasteiger partial charge in [-0.2, -0.15) is 0 Å². The molecule has 1 aromatic rings. The summed E-state index contributed by atoms with van der Waals surface area (Å²) in [4.78, 5) is 18.4. The van der Waals surface area contributed by atoms with E-state index in [0.29, 0.717) is 11.7 Å². The van der Waals surface area contributed by atoms with Crippen molar-refractivity contribution in [2.75, 3.05) is 11.9 Å². The van der Waals surface area contributed by atoms with Crippen LogP contribution in [0, 0.1) is 5.92 Å². The molecule has 98 valence electrons. The molecule has 1 saturated carbocycles. The van der Waals surface area contributed by atoms with Gasteiger partial charge in [0.05, 0.1) is 25.0 Å². The Hall–Kier alpha value is -1.69. The van der Waals surface area contributed by atoms with Gasteiger partial charge in [-0.3, -0.25) is 0 Å². The normalized spacial score (nSPS) is 17.6. The molecule has 0 saturated heterocycles. The van der Waals surface area contributed by atoms with Gasteiger partial charge in [0.1, 0.15) is 5.82 Å². The van der Waals surface area contributed by atoms with Gasteiger partial charge in [0.25, 0.3) is 0 Å². The molecule has 1 aromatic heterocycles. The number of carboxylic acids is 1. The summed E-state index contributed by atoms with van der Waals surface area (Å²) < 4.78 is 0. The Morgan fingerprint density at radius 1 is 1.39 bits per heavy atom. The number of hydrogen-bond acceptors (Lipinski definition) is 5. The number of anilines is 1. The molecule has 0 aliphatic heterocycles. The molecule has 2 rings (SSSR count). The third-order valence-electron chi connectivity index (χ3n) is 3.37. The molecule has 0 bridgehead atoms. The summed E-state index contributed by atoms with van der Waals surface area (Å²) in [6.45, 7) is 0.0486. The molecule has 1 atom stereocenters. The van der Waals surface area contributed by atoms with Crippen LogP contribution in [0.5, 0.6) is 0 Å². The molecule has 1 aliphatic carbocycles. The fourth-order valence-electron chi connectivity index (χ4n) is 2.38. The second kappa shape index (κ2) is 5.77. The number of nitrogens with zero attached hydrogens (tertiary/aromatic N) is 2. The molecule has 3 N–H and O–H groups in total. The minimum absolute atomic E-state index is 0.0301. The highest BCUT2D eigenvalue weighted by Gasteiger charge is 2.24. The van der Waals surface area contributed by atoms with Gasteiger partial charge < -0.3 is 15.5 Å². The third kappa shape index (κ3) is 2.95. The lowest BCUT2D eigenvalue weighted by Crippen LogP contribution is -2.31. The Labute approximate surface area is 105 Å². The minimum Gasteiger partial charge on any atom is -0.476 e. The highest BCUT2D eigenvalue weighted by atomic mass is 16.4. The zero-order valence-electron chi connectivity index (χ0n) is 10.0. The second-order valence-corrected chi connectivity index (χ2v) is 4.57. The van der Waals surface area contributed by atoms with Gasteiger partial charge in [0.15, 0.2) is 5.69 Å². The average Bonchev–Trinajstić information content (AvgIpc) is 2.90. The van der Waals surface area contributed by atoms with E-state index in [1.807, 2.05) is 0 Å². The molecule has 1 heterocycles. The van der Waals surface area contributed by atoms with Gasteiger partial charge in [-0.05, 0) is 18.8 Å². The number of hydrogen-bond donors (Lipinski definition) is 3. The highest BCUT2D eigenvalue weighted by molar-refractivity contribution is 5.84. The van der Waals surface area contributed by atoms with Crippen molar-refractivity contribution >= 4 is 11.8 Å². The van der Waals surface area contributed by atoms with Crippen LogP contribution in [-0.2, 0) is 0 Å². The summed E-state index contributed by atoms with van der Waals surface area (Å²) in [7, 11) is 0. The quantitative estimate of drug-likeness (QED) is 0.726. The number of aromatic carboxylic acids is 1. The molecule has 0 amide bonds. The Kier molecular flexibility index (Phi) is 4.09. The first kappa shape index (κ1) is 12.8. The van der Waals surface area contributed by atoms with Crippen molar-refractivity contribution in [1.82, 2.24) is 9.97 Å². The van der Waals surface area contributed by atoms with Crippen LogP contribution in [0.4, 0.5) is 5.82 Å². The number of carboxylic acid groups (broad SMARTS) is 1. The van der Waals surface area contributed by atoms with Gasteiger partial charge in [0.2, 0.25) is 0 Å². The predicted molar refractivity (Wildman–Crippen MR) is 65.4 cm³/mol. The van der Waals surface area contributed by atoms with E-state index in [1.54, 1.807) is 0 Å². The predicted octanol–water partition coefficient (Wildman–Crippen LogP) is 1.14. The van der Waals surface area contributed by atoms with E-state index < -0.39 is 5.97 Å². The third-order valence-corrected chi connectivity index (χ3v) is 3.37. The highest BCUT2D eigenvalue weighted by Crippen LogP contribution is 2.28. The van der Waals surface area contributed by atoms with Crippen LogP contribution < -0.4 is 5.32 Å². The van der Waals surface area contributed by atoms with Gasteiger partial charge in [-0.1, -0.05) is 12.8 Å². The summed E-state index contributed by atoms with van der Waals surface area (Å²) in [5.74, 6) is -0.134. The van der Waals surface area contributed by atoms with E-state index in [2.05, 4.69) is 15.3 Å². The first-order valence-electron chi connectivity index (χ1n) is 6.13. The van der Waals surface area contributed by atoms with Crippen molar-refractivity contribution in [2.24, 2.45) is 5.92 Å². The fourth-order valence-corrected chi connectivity index (χ4v) is 2.38. The first-order valence-corrected chi connectivity index (χ1v) is 6.13. The number of aromatic nitrogens is 2. The molecule has 1 fully saturated rings. The lowest BCUT2D eigenvalue weighted by atomic mass is 9.99. The van der Waals surface area contributed by atoms with Crippen LogP contribution in [0.1, 0.15) is 36.2 Å². The van der Waals surface area contributed by atoms with Crippen LogP contribution in [0.15, 0.2) is 12.4 Å². The van der Waals surface area contributed by atoms with E-state index in [9.17, 15) is 9.90 Å². The van der Waals surface area contributed by atoms with Crippen molar-refractivity contribution in [3.05, 3.63) is 18.1 Å². The Balaban J connectivity index is 2.00. The molecule has 0 radical (unpaired) electrons.